The van der Waals surface area contributed by atoms with Crippen molar-refractivity contribution in [2.75, 3.05) is 31.1 Å². The second-order valence-electron chi connectivity index (χ2n) is 6.97. The number of halogens is 5. The summed E-state index contributed by atoms with van der Waals surface area (Å²) in [5, 5.41) is -1.21. The molecule has 0 unspecified atom stereocenters. The maximum Gasteiger partial charge on any atom is 0.253 e. The number of hydrogen-bond acceptors (Lipinski definition) is 2. The van der Waals surface area contributed by atoms with Gasteiger partial charge in [0.1, 0.15) is 10.7 Å². The Labute approximate surface area is 165 Å². The van der Waals surface area contributed by atoms with E-state index >= 15 is 0 Å². The van der Waals surface area contributed by atoms with E-state index in [-0.39, 0.29) is 32.1 Å². The molecular weight excluding hydrogens is 396 g/mol. The first-order chi connectivity index (χ1) is 13.2. The highest BCUT2D eigenvalue weighted by Gasteiger charge is 2.31. The Hall–Kier alpha value is -2.28. The van der Waals surface area contributed by atoms with Crippen molar-refractivity contribution in [2.24, 2.45) is 0 Å². The fraction of sp³-hybridized carbons (Fsp3) is 0.350. The first kappa shape index (κ1) is 20.5. The van der Waals surface area contributed by atoms with Crippen molar-refractivity contribution >= 4 is 23.2 Å². The molecule has 1 fully saturated rings. The highest BCUT2D eigenvalue weighted by Crippen LogP contribution is 2.34. The Bertz CT molecular complexity index is 865. The highest BCUT2D eigenvalue weighted by atomic mass is 35.5. The Morgan fingerprint density at radius 3 is 1.86 bits per heavy atom. The van der Waals surface area contributed by atoms with Crippen molar-refractivity contribution in [2.45, 2.75) is 19.8 Å². The third-order valence-corrected chi connectivity index (χ3v) is 5.23. The van der Waals surface area contributed by atoms with Gasteiger partial charge in [-0.1, -0.05) is 37.6 Å². The summed E-state index contributed by atoms with van der Waals surface area (Å²) in [4.78, 5) is 15.4. The van der Waals surface area contributed by atoms with Gasteiger partial charge in [-0.3, -0.25) is 4.79 Å². The summed E-state index contributed by atoms with van der Waals surface area (Å²) in [5.74, 6) is -6.18. The van der Waals surface area contributed by atoms with E-state index in [0.717, 1.165) is 5.56 Å². The molecule has 1 aliphatic heterocycles. The lowest BCUT2D eigenvalue weighted by Crippen LogP contribution is -2.49. The lowest BCUT2D eigenvalue weighted by molar-refractivity contribution is 0.0746. The van der Waals surface area contributed by atoms with Crippen molar-refractivity contribution in [1.29, 1.82) is 0 Å². The zero-order valence-electron chi connectivity index (χ0n) is 15.4. The van der Waals surface area contributed by atoms with E-state index in [2.05, 4.69) is 13.8 Å². The van der Waals surface area contributed by atoms with Crippen LogP contribution in [-0.4, -0.2) is 37.0 Å². The summed E-state index contributed by atoms with van der Waals surface area (Å²) in [5.41, 5.74) is 0.825. The summed E-state index contributed by atoms with van der Waals surface area (Å²) in [6.45, 7) is 4.49. The van der Waals surface area contributed by atoms with E-state index in [0.29, 0.717) is 11.5 Å². The van der Waals surface area contributed by atoms with Crippen LogP contribution < -0.4 is 4.90 Å². The Morgan fingerprint density at radius 2 is 1.39 bits per heavy atom. The Balaban J connectivity index is 1.74. The minimum Gasteiger partial charge on any atom is -0.363 e. The quantitative estimate of drug-likeness (QED) is 0.401. The van der Waals surface area contributed by atoms with Crippen molar-refractivity contribution in [3.63, 3.8) is 0 Å². The molecule has 0 bridgehead atoms. The Morgan fingerprint density at radius 1 is 0.893 bits per heavy atom. The van der Waals surface area contributed by atoms with E-state index in [1.807, 2.05) is 12.1 Å². The molecule has 3 rings (SSSR count). The van der Waals surface area contributed by atoms with Crippen molar-refractivity contribution in [3.8, 4) is 0 Å². The van der Waals surface area contributed by atoms with E-state index in [4.69, 9.17) is 11.6 Å². The van der Waals surface area contributed by atoms with E-state index < -0.39 is 34.0 Å². The van der Waals surface area contributed by atoms with Crippen LogP contribution in [0.2, 0.25) is 5.02 Å². The smallest absolute Gasteiger partial charge is 0.253 e. The normalized spacial score (nSPS) is 14.7. The summed E-state index contributed by atoms with van der Waals surface area (Å²) in [6, 6.07) is 7.26. The van der Waals surface area contributed by atoms with Crippen LogP contribution in [0.3, 0.4) is 0 Å². The van der Waals surface area contributed by atoms with Crippen molar-refractivity contribution < 1.29 is 22.4 Å². The van der Waals surface area contributed by atoms with Crippen LogP contribution in [0.4, 0.5) is 23.2 Å². The third kappa shape index (κ3) is 3.68. The van der Waals surface area contributed by atoms with Gasteiger partial charge >= 0.3 is 0 Å². The number of carbonyl (C=O) groups excluding carboxylic acids is 1. The predicted molar refractivity (Wildman–Crippen MR) is 99.9 cm³/mol. The molecule has 2 aromatic carbocycles. The van der Waals surface area contributed by atoms with Crippen LogP contribution in [0.1, 0.15) is 35.7 Å². The number of anilines is 1. The molecule has 0 N–H and O–H groups in total. The average Bonchev–Trinajstić information content (AvgIpc) is 2.71. The van der Waals surface area contributed by atoms with Gasteiger partial charge in [-0.2, -0.15) is 0 Å². The molecule has 0 radical (unpaired) electrons. The number of hydrogen-bond donors (Lipinski definition) is 0. The second-order valence-corrected chi connectivity index (χ2v) is 7.35. The minimum absolute atomic E-state index is 0.0319. The monoisotopic (exact) mass is 414 g/mol. The zero-order valence-corrected chi connectivity index (χ0v) is 16.2. The SMILES string of the molecule is CC(C)c1ccc(C(=O)N2CCN(c3c(F)c(F)c(Cl)c(F)c3F)CC2)cc1. The molecule has 0 spiro atoms. The molecule has 0 aromatic heterocycles. The van der Waals surface area contributed by atoms with Crippen LogP contribution in [-0.2, 0) is 0 Å². The minimum atomic E-state index is -1.63. The first-order valence-corrected chi connectivity index (χ1v) is 9.25. The molecule has 0 aliphatic carbocycles. The topological polar surface area (TPSA) is 23.6 Å². The van der Waals surface area contributed by atoms with Gasteiger partial charge in [0.2, 0.25) is 0 Å². The van der Waals surface area contributed by atoms with E-state index in [9.17, 15) is 22.4 Å². The molecule has 150 valence electrons. The molecule has 0 atom stereocenters. The highest BCUT2D eigenvalue weighted by molar-refractivity contribution is 6.31. The van der Waals surface area contributed by atoms with Crippen LogP contribution in [0.25, 0.3) is 0 Å². The number of amides is 1. The molecule has 1 saturated heterocycles. The summed E-state index contributed by atoms with van der Waals surface area (Å²) >= 11 is 5.26. The summed E-state index contributed by atoms with van der Waals surface area (Å²) in [7, 11) is 0. The standard InChI is InChI=1S/C20H19ClF4N2O/c1-11(2)12-3-5-13(6-4-12)20(28)27-9-7-26(8-10-27)19-17(24)15(22)14(21)16(23)18(19)25/h3-6,11H,7-10H2,1-2H3. The maximum absolute atomic E-state index is 14.1. The maximum atomic E-state index is 14.1. The molecule has 28 heavy (non-hydrogen) atoms. The third-order valence-electron chi connectivity index (χ3n) is 4.89. The Kier molecular flexibility index (Phi) is 5.84. The van der Waals surface area contributed by atoms with Crippen LogP contribution >= 0.6 is 11.6 Å². The second kappa shape index (κ2) is 7.99. The predicted octanol–water partition coefficient (Wildman–Crippen LogP) is 4.98. The number of rotatable bonds is 3. The largest absolute Gasteiger partial charge is 0.363 e. The van der Waals surface area contributed by atoms with Crippen molar-refractivity contribution in [3.05, 3.63) is 63.7 Å². The molecule has 0 saturated carbocycles. The molecule has 1 heterocycles. The molecule has 8 heteroatoms. The number of nitrogens with zero attached hydrogens (tertiary/aromatic N) is 2. The van der Waals surface area contributed by atoms with Gasteiger partial charge < -0.3 is 9.80 Å². The van der Waals surface area contributed by atoms with Gasteiger partial charge in [0.15, 0.2) is 23.3 Å². The fourth-order valence-corrected chi connectivity index (χ4v) is 3.36. The summed E-state index contributed by atoms with van der Waals surface area (Å²) < 4.78 is 55.6. The van der Waals surface area contributed by atoms with Gasteiger partial charge in [-0.25, -0.2) is 17.6 Å². The van der Waals surface area contributed by atoms with Gasteiger partial charge in [0.05, 0.1) is 0 Å². The van der Waals surface area contributed by atoms with Crippen molar-refractivity contribution in [1.82, 2.24) is 4.90 Å². The zero-order chi connectivity index (χ0) is 20.6. The molecule has 1 amide bonds. The van der Waals surface area contributed by atoms with E-state index in [1.165, 1.54) is 4.90 Å². The van der Waals surface area contributed by atoms with Gasteiger partial charge in [0.25, 0.3) is 5.91 Å². The van der Waals surface area contributed by atoms with E-state index in [1.54, 1.807) is 17.0 Å². The van der Waals surface area contributed by atoms with Crippen LogP contribution in [0.15, 0.2) is 24.3 Å². The van der Waals surface area contributed by atoms with Gasteiger partial charge in [0, 0.05) is 31.7 Å². The first-order valence-electron chi connectivity index (χ1n) is 8.88. The molecule has 2 aromatic rings. The molecule has 1 aliphatic rings. The lowest BCUT2D eigenvalue weighted by atomic mass is 10.0. The average molecular weight is 415 g/mol. The molecule has 3 nitrogen and oxygen atoms in total. The van der Waals surface area contributed by atoms with Crippen LogP contribution in [0, 0.1) is 23.3 Å². The fourth-order valence-electron chi connectivity index (χ4n) is 3.20. The lowest BCUT2D eigenvalue weighted by Gasteiger charge is -2.36. The number of carbonyl (C=O) groups is 1. The van der Waals surface area contributed by atoms with Gasteiger partial charge in [-0.05, 0) is 23.6 Å². The number of benzene rings is 2. The summed E-state index contributed by atoms with van der Waals surface area (Å²) in [6.07, 6.45) is 0. The van der Waals surface area contributed by atoms with Gasteiger partial charge in [-0.15, -0.1) is 0 Å². The molecular formula is C20H19ClF4N2O. The number of piperazine rings is 1. The van der Waals surface area contributed by atoms with Crippen LogP contribution in [0.5, 0.6) is 0 Å².